The van der Waals surface area contributed by atoms with E-state index in [-0.39, 0.29) is 5.82 Å². The Bertz CT molecular complexity index is 222. The highest BCUT2D eigenvalue weighted by Crippen LogP contribution is 2.01. The molecule has 0 heterocycles. The van der Waals surface area contributed by atoms with Gasteiger partial charge in [-0.25, -0.2) is 4.39 Å². The van der Waals surface area contributed by atoms with E-state index >= 15 is 0 Å². The number of rotatable bonds is 4. The topological polar surface area (TPSA) is 12.0 Å². The molecule has 12 heavy (non-hydrogen) atoms. The van der Waals surface area contributed by atoms with Crippen LogP contribution in [0.15, 0.2) is 24.3 Å². The van der Waals surface area contributed by atoms with Gasteiger partial charge in [0.2, 0.25) is 0 Å². The van der Waals surface area contributed by atoms with E-state index in [1.807, 2.05) is 0 Å². The van der Waals surface area contributed by atoms with E-state index in [0.717, 1.165) is 24.4 Å². The fourth-order valence-corrected chi connectivity index (χ4v) is 1.07. The number of hydrogen-bond acceptors (Lipinski definition) is 2. The van der Waals surface area contributed by atoms with Crippen LogP contribution in [0, 0.1) is 5.82 Å². The first-order valence-electron chi connectivity index (χ1n) is 3.89. The SMILES string of the molecule is Fc1ccc(CNCCS)cc1. The van der Waals surface area contributed by atoms with Crippen molar-refractivity contribution < 1.29 is 4.39 Å². The third-order valence-corrected chi connectivity index (χ3v) is 1.75. The van der Waals surface area contributed by atoms with Gasteiger partial charge in [0.05, 0.1) is 0 Å². The highest BCUT2D eigenvalue weighted by atomic mass is 32.1. The molecule has 0 bridgehead atoms. The molecule has 1 N–H and O–H groups in total. The highest BCUT2D eigenvalue weighted by molar-refractivity contribution is 7.80. The summed E-state index contributed by atoms with van der Waals surface area (Å²) in [6.45, 7) is 1.65. The van der Waals surface area contributed by atoms with Crippen molar-refractivity contribution >= 4 is 12.6 Å². The van der Waals surface area contributed by atoms with Crippen molar-refractivity contribution in [2.45, 2.75) is 6.54 Å². The Labute approximate surface area is 77.4 Å². The van der Waals surface area contributed by atoms with Gasteiger partial charge in [-0.15, -0.1) is 0 Å². The van der Waals surface area contributed by atoms with E-state index in [1.54, 1.807) is 12.1 Å². The first-order valence-corrected chi connectivity index (χ1v) is 4.52. The molecule has 0 saturated heterocycles. The lowest BCUT2D eigenvalue weighted by Crippen LogP contribution is -2.15. The van der Waals surface area contributed by atoms with Gasteiger partial charge in [0.25, 0.3) is 0 Å². The minimum absolute atomic E-state index is 0.187. The molecule has 3 heteroatoms. The van der Waals surface area contributed by atoms with Gasteiger partial charge < -0.3 is 5.32 Å². The van der Waals surface area contributed by atoms with Crippen molar-refractivity contribution in [3.05, 3.63) is 35.6 Å². The molecule has 0 aliphatic carbocycles. The maximum atomic E-state index is 12.4. The quantitative estimate of drug-likeness (QED) is 0.539. The fraction of sp³-hybridized carbons (Fsp3) is 0.333. The summed E-state index contributed by atoms with van der Waals surface area (Å²) in [4.78, 5) is 0. The largest absolute Gasteiger partial charge is 0.312 e. The summed E-state index contributed by atoms with van der Waals surface area (Å²) < 4.78 is 12.4. The monoisotopic (exact) mass is 185 g/mol. The molecule has 0 aliphatic rings. The number of halogens is 1. The van der Waals surface area contributed by atoms with E-state index < -0.39 is 0 Å². The van der Waals surface area contributed by atoms with Crippen molar-refractivity contribution in [1.29, 1.82) is 0 Å². The molecule has 0 amide bonds. The van der Waals surface area contributed by atoms with Crippen LogP contribution in [0.25, 0.3) is 0 Å². The zero-order chi connectivity index (χ0) is 8.81. The molecule has 1 aromatic rings. The first-order chi connectivity index (χ1) is 5.83. The van der Waals surface area contributed by atoms with Crippen LogP contribution in [0.5, 0.6) is 0 Å². The maximum Gasteiger partial charge on any atom is 0.123 e. The summed E-state index contributed by atoms with van der Waals surface area (Å²) in [6.07, 6.45) is 0. The molecule has 0 aliphatic heterocycles. The molecular formula is C9H12FNS. The second-order valence-electron chi connectivity index (χ2n) is 2.53. The van der Waals surface area contributed by atoms with E-state index in [4.69, 9.17) is 0 Å². The lowest BCUT2D eigenvalue weighted by Gasteiger charge is -2.01. The van der Waals surface area contributed by atoms with E-state index in [0.29, 0.717) is 0 Å². The zero-order valence-electron chi connectivity index (χ0n) is 6.76. The van der Waals surface area contributed by atoms with Crippen molar-refractivity contribution in [2.75, 3.05) is 12.3 Å². The number of nitrogens with one attached hydrogen (secondary N) is 1. The minimum Gasteiger partial charge on any atom is -0.312 e. The van der Waals surface area contributed by atoms with Gasteiger partial charge in [0.15, 0.2) is 0 Å². The summed E-state index contributed by atoms with van der Waals surface area (Å²) >= 11 is 4.06. The average Bonchev–Trinajstić information content (AvgIpc) is 2.09. The number of benzene rings is 1. The first kappa shape index (κ1) is 9.55. The second kappa shape index (κ2) is 5.17. The molecule has 0 radical (unpaired) electrons. The average molecular weight is 185 g/mol. The Balaban J connectivity index is 2.37. The molecule has 0 aromatic heterocycles. The van der Waals surface area contributed by atoms with Crippen molar-refractivity contribution in [3.63, 3.8) is 0 Å². The van der Waals surface area contributed by atoms with Crippen molar-refractivity contribution in [1.82, 2.24) is 5.32 Å². The van der Waals surface area contributed by atoms with Crippen LogP contribution in [-0.4, -0.2) is 12.3 Å². The van der Waals surface area contributed by atoms with Gasteiger partial charge in [-0.05, 0) is 17.7 Å². The van der Waals surface area contributed by atoms with Crippen molar-refractivity contribution in [2.24, 2.45) is 0 Å². The zero-order valence-corrected chi connectivity index (χ0v) is 7.65. The molecule has 0 fully saturated rings. The van der Waals surface area contributed by atoms with Crippen LogP contribution >= 0.6 is 12.6 Å². The normalized spacial score (nSPS) is 10.2. The van der Waals surface area contributed by atoms with Gasteiger partial charge in [0.1, 0.15) is 5.82 Å². The lowest BCUT2D eigenvalue weighted by molar-refractivity contribution is 0.625. The molecule has 0 atom stereocenters. The third kappa shape index (κ3) is 3.24. The fourth-order valence-electron chi connectivity index (χ4n) is 0.914. The van der Waals surface area contributed by atoms with Gasteiger partial charge in [-0.2, -0.15) is 12.6 Å². The van der Waals surface area contributed by atoms with E-state index in [9.17, 15) is 4.39 Å². The van der Waals surface area contributed by atoms with Crippen LogP contribution in [-0.2, 0) is 6.54 Å². The van der Waals surface area contributed by atoms with E-state index in [2.05, 4.69) is 17.9 Å². The predicted molar refractivity (Wildman–Crippen MR) is 52.0 cm³/mol. The molecule has 1 aromatic carbocycles. The van der Waals surface area contributed by atoms with Gasteiger partial charge in [-0.3, -0.25) is 0 Å². The highest BCUT2D eigenvalue weighted by Gasteiger charge is 1.91. The van der Waals surface area contributed by atoms with Crippen LogP contribution < -0.4 is 5.32 Å². The molecule has 66 valence electrons. The van der Waals surface area contributed by atoms with Crippen LogP contribution in [0.1, 0.15) is 5.56 Å². The van der Waals surface area contributed by atoms with Gasteiger partial charge in [0, 0.05) is 18.8 Å². The van der Waals surface area contributed by atoms with Crippen molar-refractivity contribution in [3.8, 4) is 0 Å². The van der Waals surface area contributed by atoms with Gasteiger partial charge in [-0.1, -0.05) is 12.1 Å². The Morgan fingerprint density at radius 2 is 1.92 bits per heavy atom. The standard InChI is InChI=1S/C9H12FNS/c10-9-3-1-8(2-4-9)7-11-5-6-12/h1-4,11-12H,5-7H2. The molecule has 0 unspecified atom stereocenters. The number of hydrogen-bond donors (Lipinski definition) is 2. The summed E-state index contributed by atoms with van der Waals surface area (Å²) in [6, 6.07) is 6.50. The summed E-state index contributed by atoms with van der Waals surface area (Å²) in [7, 11) is 0. The third-order valence-electron chi connectivity index (χ3n) is 1.53. The molecule has 1 nitrogen and oxygen atoms in total. The molecule has 0 spiro atoms. The molecule has 0 saturated carbocycles. The van der Waals surface area contributed by atoms with Crippen LogP contribution in [0.3, 0.4) is 0 Å². The van der Waals surface area contributed by atoms with Crippen LogP contribution in [0.2, 0.25) is 0 Å². The lowest BCUT2D eigenvalue weighted by atomic mass is 10.2. The molecule has 1 rings (SSSR count). The smallest absolute Gasteiger partial charge is 0.123 e. The Morgan fingerprint density at radius 1 is 1.25 bits per heavy atom. The second-order valence-corrected chi connectivity index (χ2v) is 2.97. The Kier molecular flexibility index (Phi) is 4.11. The van der Waals surface area contributed by atoms with Crippen LogP contribution in [0.4, 0.5) is 4.39 Å². The Hall–Kier alpha value is -0.540. The number of thiol groups is 1. The summed E-state index contributed by atoms with van der Waals surface area (Å²) in [5, 5.41) is 3.17. The minimum atomic E-state index is -0.187. The summed E-state index contributed by atoms with van der Waals surface area (Å²) in [5.74, 6) is 0.634. The van der Waals surface area contributed by atoms with Gasteiger partial charge >= 0.3 is 0 Å². The Morgan fingerprint density at radius 3 is 2.50 bits per heavy atom. The maximum absolute atomic E-state index is 12.4. The summed E-state index contributed by atoms with van der Waals surface area (Å²) in [5.41, 5.74) is 1.10. The molecular weight excluding hydrogens is 173 g/mol. The van der Waals surface area contributed by atoms with E-state index in [1.165, 1.54) is 12.1 Å². The predicted octanol–water partition coefficient (Wildman–Crippen LogP) is 1.85.